The number of H-pyrrole nitrogens is 1. The molecule has 1 aliphatic rings. The first kappa shape index (κ1) is 17.0. The largest absolute Gasteiger partial charge is 0.446 e. The quantitative estimate of drug-likeness (QED) is 0.707. The van der Waals surface area contributed by atoms with Crippen LogP contribution >= 0.6 is 0 Å². The van der Waals surface area contributed by atoms with Gasteiger partial charge in [-0.05, 0) is 6.07 Å². The van der Waals surface area contributed by atoms with Crippen molar-refractivity contribution in [3.63, 3.8) is 0 Å². The molecule has 0 aliphatic carbocycles. The molecule has 4 heterocycles. The van der Waals surface area contributed by atoms with Gasteiger partial charge in [-0.1, -0.05) is 0 Å². The van der Waals surface area contributed by atoms with Gasteiger partial charge in [0.1, 0.15) is 18.5 Å². The lowest BCUT2D eigenvalue weighted by Crippen LogP contribution is -2.40. The third-order valence-electron chi connectivity index (χ3n) is 4.82. The van der Waals surface area contributed by atoms with Crippen molar-refractivity contribution >= 4 is 33.7 Å². The van der Waals surface area contributed by atoms with Crippen LogP contribution in [0.4, 0.5) is 10.6 Å². The fourth-order valence-corrected chi connectivity index (χ4v) is 3.39. The minimum atomic E-state index is -0.455. The zero-order valence-corrected chi connectivity index (χ0v) is 14.9. The second-order valence-electron chi connectivity index (χ2n) is 6.57. The van der Waals surface area contributed by atoms with Crippen LogP contribution in [0.3, 0.4) is 0 Å². The van der Waals surface area contributed by atoms with E-state index in [1.807, 2.05) is 12.1 Å². The van der Waals surface area contributed by atoms with Crippen LogP contribution in [0.5, 0.6) is 0 Å². The van der Waals surface area contributed by atoms with E-state index in [1.54, 1.807) is 25.6 Å². The Morgan fingerprint density at radius 1 is 1.41 bits per heavy atom. The minimum absolute atomic E-state index is 0.0199. The highest BCUT2D eigenvalue weighted by atomic mass is 16.6. The van der Waals surface area contributed by atoms with Gasteiger partial charge in [-0.25, -0.2) is 14.8 Å². The first-order valence-electron chi connectivity index (χ1n) is 8.78. The number of ether oxygens (including phenoxy) is 1. The molecule has 0 atom stereocenters. The second kappa shape index (κ2) is 7.07. The molecule has 1 N–H and O–H groups in total. The molecule has 0 bridgehead atoms. The molecule has 0 unspecified atom stereocenters. The molecular weight excluding hydrogens is 346 g/mol. The fraction of sp³-hybridized carbons (Fsp3) is 0.389. The highest BCUT2D eigenvalue weighted by molar-refractivity contribution is 6.09. The summed E-state index contributed by atoms with van der Waals surface area (Å²) >= 11 is 0. The van der Waals surface area contributed by atoms with E-state index in [-0.39, 0.29) is 12.6 Å². The van der Waals surface area contributed by atoms with Gasteiger partial charge in [-0.2, -0.15) is 10.4 Å². The number of carbonyl (C=O) groups is 1. The molecule has 3 aromatic rings. The standard InChI is InChI=1S/C18H19N7O2/c1-24(9-5-19)18(26)27-13-3-7-25(8-4-13)17-15-12(11-22-23-17)10-21-16-14(15)2-6-20-16/h2,6,10-11,13,23H,3-4,7-9H2,1H3. The lowest BCUT2D eigenvalue weighted by Gasteiger charge is -2.33. The molecule has 0 saturated carbocycles. The second-order valence-corrected chi connectivity index (χ2v) is 6.57. The molecular formula is C18H19N7O2. The number of carbonyl (C=O) groups excluding carboxylic acids is 1. The molecule has 4 rings (SSSR count). The molecule has 138 valence electrons. The summed E-state index contributed by atoms with van der Waals surface area (Å²) in [5.74, 6) is 0.930. The number of pyridine rings is 1. The number of piperidine rings is 1. The van der Waals surface area contributed by atoms with E-state index in [0.717, 1.165) is 35.1 Å². The molecule has 27 heavy (non-hydrogen) atoms. The Balaban J connectivity index is 1.51. The van der Waals surface area contributed by atoms with E-state index in [4.69, 9.17) is 10.00 Å². The van der Waals surface area contributed by atoms with Crippen molar-refractivity contribution in [3.8, 4) is 6.07 Å². The molecule has 1 aliphatic heterocycles. The minimum Gasteiger partial charge on any atom is -0.446 e. The Hall–Kier alpha value is -3.41. The predicted octanol–water partition coefficient (Wildman–Crippen LogP) is 2.07. The SMILES string of the molecule is CN(CC#N)C(=O)OC1CCN(c2[nH]ncc3cnc4nccc4c23)CC1. The normalized spacial score (nSPS) is 15.0. The number of nitriles is 1. The maximum Gasteiger partial charge on any atom is 0.410 e. The van der Waals surface area contributed by atoms with Gasteiger partial charge in [-0.15, -0.1) is 0 Å². The Morgan fingerprint density at radius 3 is 3.00 bits per heavy atom. The summed E-state index contributed by atoms with van der Waals surface area (Å²) in [6.07, 6.45) is 6.12. The molecule has 3 aromatic heterocycles. The summed E-state index contributed by atoms with van der Waals surface area (Å²) in [6, 6.07) is 3.90. The average Bonchev–Trinajstić information content (AvgIpc) is 3.17. The van der Waals surface area contributed by atoms with Crippen molar-refractivity contribution in [3.05, 3.63) is 24.7 Å². The van der Waals surface area contributed by atoms with Crippen LogP contribution in [-0.2, 0) is 4.74 Å². The van der Waals surface area contributed by atoms with Crippen molar-refractivity contribution in [2.45, 2.75) is 18.9 Å². The van der Waals surface area contributed by atoms with E-state index < -0.39 is 6.09 Å². The first-order chi connectivity index (χ1) is 13.2. The summed E-state index contributed by atoms with van der Waals surface area (Å²) in [7, 11) is 1.56. The highest BCUT2D eigenvalue weighted by Crippen LogP contribution is 2.31. The first-order valence-corrected chi connectivity index (χ1v) is 8.78. The molecule has 1 amide bonds. The Morgan fingerprint density at radius 2 is 2.22 bits per heavy atom. The number of aromatic nitrogens is 4. The number of nitrogens with zero attached hydrogens (tertiary/aromatic N) is 6. The maximum absolute atomic E-state index is 12.0. The predicted molar refractivity (Wildman–Crippen MR) is 99.1 cm³/mol. The van der Waals surface area contributed by atoms with Gasteiger partial charge < -0.3 is 9.64 Å². The average molecular weight is 365 g/mol. The molecule has 1 fully saturated rings. The van der Waals surface area contributed by atoms with E-state index in [0.29, 0.717) is 18.5 Å². The van der Waals surface area contributed by atoms with E-state index >= 15 is 0 Å². The van der Waals surface area contributed by atoms with Gasteiger partial charge in [0.15, 0.2) is 5.65 Å². The van der Waals surface area contributed by atoms with Crippen LogP contribution < -0.4 is 4.90 Å². The fourth-order valence-electron chi connectivity index (χ4n) is 3.39. The van der Waals surface area contributed by atoms with Gasteiger partial charge in [0.05, 0.1) is 12.3 Å². The van der Waals surface area contributed by atoms with Crippen LogP contribution in [0, 0.1) is 11.3 Å². The lowest BCUT2D eigenvalue weighted by molar-refractivity contribution is 0.0601. The molecule has 9 heteroatoms. The van der Waals surface area contributed by atoms with Crippen molar-refractivity contribution in [1.29, 1.82) is 5.26 Å². The zero-order valence-electron chi connectivity index (χ0n) is 14.9. The lowest BCUT2D eigenvalue weighted by atomic mass is 10.1. The Kier molecular flexibility index (Phi) is 4.46. The number of hydrogen-bond donors (Lipinski definition) is 1. The number of fused-ring (bicyclic) bond motifs is 3. The smallest absolute Gasteiger partial charge is 0.410 e. The van der Waals surface area contributed by atoms with Gasteiger partial charge in [0.2, 0.25) is 0 Å². The van der Waals surface area contributed by atoms with Gasteiger partial charge in [-0.3, -0.25) is 10.00 Å². The van der Waals surface area contributed by atoms with Crippen molar-refractivity contribution in [2.75, 3.05) is 31.6 Å². The van der Waals surface area contributed by atoms with Crippen LogP contribution in [0.15, 0.2) is 24.7 Å². The highest BCUT2D eigenvalue weighted by Gasteiger charge is 2.25. The molecule has 1 saturated heterocycles. The molecule has 0 radical (unpaired) electrons. The van der Waals surface area contributed by atoms with Crippen LogP contribution in [0.1, 0.15) is 12.8 Å². The third-order valence-corrected chi connectivity index (χ3v) is 4.82. The third kappa shape index (κ3) is 3.21. The Labute approximate surface area is 155 Å². The number of nitrogens with one attached hydrogen (secondary N) is 1. The van der Waals surface area contributed by atoms with E-state index in [9.17, 15) is 4.79 Å². The van der Waals surface area contributed by atoms with Crippen LogP contribution in [0.2, 0.25) is 0 Å². The number of amides is 1. The monoisotopic (exact) mass is 365 g/mol. The van der Waals surface area contributed by atoms with E-state index in [2.05, 4.69) is 25.1 Å². The van der Waals surface area contributed by atoms with Crippen LogP contribution in [-0.4, -0.2) is 63.9 Å². The summed E-state index contributed by atoms with van der Waals surface area (Å²) in [5, 5.41) is 19.0. The van der Waals surface area contributed by atoms with Gasteiger partial charge in [0, 0.05) is 61.5 Å². The Bertz CT molecular complexity index is 1020. The number of hydrogen-bond acceptors (Lipinski definition) is 7. The summed E-state index contributed by atoms with van der Waals surface area (Å²) in [6.45, 7) is 1.48. The maximum atomic E-state index is 12.0. The molecule has 0 spiro atoms. The molecule has 9 nitrogen and oxygen atoms in total. The summed E-state index contributed by atoms with van der Waals surface area (Å²) < 4.78 is 5.50. The van der Waals surface area contributed by atoms with Gasteiger partial charge >= 0.3 is 6.09 Å². The summed E-state index contributed by atoms with van der Waals surface area (Å²) in [5.41, 5.74) is 0.715. The number of anilines is 1. The van der Waals surface area contributed by atoms with Gasteiger partial charge in [0.25, 0.3) is 0 Å². The number of rotatable bonds is 3. The van der Waals surface area contributed by atoms with Crippen molar-refractivity contribution in [1.82, 2.24) is 25.1 Å². The summed E-state index contributed by atoms with van der Waals surface area (Å²) in [4.78, 5) is 24.1. The number of aromatic amines is 1. The van der Waals surface area contributed by atoms with Crippen LogP contribution in [0.25, 0.3) is 21.8 Å². The topological polar surface area (TPSA) is 111 Å². The van der Waals surface area contributed by atoms with Crippen molar-refractivity contribution in [2.24, 2.45) is 0 Å². The zero-order chi connectivity index (χ0) is 18.8. The van der Waals surface area contributed by atoms with Crippen molar-refractivity contribution < 1.29 is 9.53 Å². The molecule has 0 aromatic carbocycles. The van der Waals surface area contributed by atoms with E-state index in [1.165, 1.54) is 4.90 Å².